The number of allylic oxidation sites excluding steroid dienone is 2. The topological polar surface area (TPSA) is 40.5 Å². The summed E-state index contributed by atoms with van der Waals surface area (Å²) >= 11 is 0. The van der Waals surface area contributed by atoms with E-state index < -0.39 is 0 Å². The summed E-state index contributed by atoms with van der Waals surface area (Å²) < 4.78 is 0. The first-order chi connectivity index (χ1) is 14.8. The predicted octanol–water partition coefficient (Wildman–Crippen LogP) is 7.14. The van der Waals surface area contributed by atoms with Gasteiger partial charge in [0.1, 0.15) is 0 Å². The van der Waals surface area contributed by atoms with Gasteiger partial charge >= 0.3 is 0 Å². The molecule has 182 valence electrons. The van der Waals surface area contributed by atoms with E-state index in [1.807, 2.05) is 0 Å². The maximum Gasteiger partial charge on any atom is 0.0594 e. The maximum absolute atomic E-state index is 10.9. The summed E-state index contributed by atoms with van der Waals surface area (Å²) in [5.41, 5.74) is 3.16. The zero-order valence-corrected chi connectivity index (χ0v) is 22.1. The highest BCUT2D eigenvalue weighted by Crippen LogP contribution is 2.75. The molecule has 2 N–H and O–H groups in total. The molecule has 0 bridgehead atoms. The lowest BCUT2D eigenvalue weighted by molar-refractivity contribution is -0.204. The van der Waals surface area contributed by atoms with Crippen LogP contribution in [0, 0.1) is 50.2 Å². The first kappa shape index (κ1) is 23.4. The van der Waals surface area contributed by atoms with E-state index in [2.05, 4.69) is 54.5 Å². The van der Waals surface area contributed by atoms with Crippen LogP contribution in [0.15, 0.2) is 11.6 Å². The Morgan fingerprint density at radius 2 is 1.53 bits per heavy atom. The minimum absolute atomic E-state index is 0.0191. The van der Waals surface area contributed by atoms with Crippen molar-refractivity contribution < 1.29 is 10.2 Å². The molecule has 5 rings (SSSR count). The Balaban J connectivity index is 1.58. The summed E-state index contributed by atoms with van der Waals surface area (Å²) in [5.74, 6) is 1.87. The SMILES string of the molecule is CC1(C)CC[C@]2(CO)CC[C@]3(C)C(=CC[C@H]4C3(C)CC[C@H]3C(C)(C)[C@@H](O)CC[C@@]34C)[C@@H]2C1. The van der Waals surface area contributed by atoms with Crippen LogP contribution < -0.4 is 0 Å². The Bertz CT molecular complexity index is 810. The quantitative estimate of drug-likeness (QED) is 0.424. The van der Waals surface area contributed by atoms with E-state index in [0.717, 1.165) is 6.42 Å². The molecule has 0 aromatic heterocycles. The molecule has 4 fully saturated rings. The lowest BCUT2D eigenvalue weighted by atomic mass is 9.33. The molecule has 1 unspecified atom stereocenters. The van der Waals surface area contributed by atoms with Crippen molar-refractivity contribution >= 4 is 0 Å². The smallest absolute Gasteiger partial charge is 0.0594 e. The highest BCUT2D eigenvalue weighted by atomic mass is 16.3. The van der Waals surface area contributed by atoms with Crippen LogP contribution in [0.4, 0.5) is 0 Å². The van der Waals surface area contributed by atoms with Crippen LogP contribution in [0.2, 0.25) is 0 Å². The van der Waals surface area contributed by atoms with E-state index in [9.17, 15) is 10.2 Å². The van der Waals surface area contributed by atoms with Crippen molar-refractivity contribution in [1.29, 1.82) is 0 Å². The van der Waals surface area contributed by atoms with Gasteiger partial charge in [-0.1, -0.05) is 60.1 Å². The molecular weight excluding hydrogens is 392 g/mol. The van der Waals surface area contributed by atoms with Crippen molar-refractivity contribution in [1.82, 2.24) is 0 Å². The van der Waals surface area contributed by atoms with Gasteiger partial charge in [-0.2, -0.15) is 0 Å². The minimum Gasteiger partial charge on any atom is -0.396 e. The van der Waals surface area contributed by atoms with Crippen LogP contribution in [-0.4, -0.2) is 22.9 Å². The number of hydrogen-bond donors (Lipinski definition) is 2. The van der Waals surface area contributed by atoms with Crippen molar-refractivity contribution in [3.05, 3.63) is 11.6 Å². The molecule has 0 radical (unpaired) electrons. The van der Waals surface area contributed by atoms with Gasteiger partial charge in [0.2, 0.25) is 0 Å². The monoisotopic (exact) mass is 442 g/mol. The fraction of sp³-hybridized carbons (Fsp3) is 0.933. The molecule has 4 saturated carbocycles. The third-order valence-electron chi connectivity index (χ3n) is 13.1. The third kappa shape index (κ3) is 2.78. The van der Waals surface area contributed by atoms with E-state index in [0.29, 0.717) is 40.6 Å². The van der Waals surface area contributed by atoms with Gasteiger partial charge < -0.3 is 10.2 Å². The van der Waals surface area contributed by atoms with Gasteiger partial charge in [0.15, 0.2) is 0 Å². The predicted molar refractivity (Wildman–Crippen MR) is 132 cm³/mol. The van der Waals surface area contributed by atoms with E-state index in [4.69, 9.17) is 0 Å². The average molecular weight is 443 g/mol. The van der Waals surface area contributed by atoms with Crippen LogP contribution >= 0.6 is 0 Å². The van der Waals surface area contributed by atoms with Gasteiger partial charge in [-0.25, -0.2) is 0 Å². The second-order valence-corrected chi connectivity index (χ2v) is 15.1. The van der Waals surface area contributed by atoms with Crippen molar-refractivity contribution in [2.75, 3.05) is 6.61 Å². The van der Waals surface area contributed by atoms with Crippen LogP contribution in [0.5, 0.6) is 0 Å². The highest BCUT2D eigenvalue weighted by molar-refractivity contribution is 5.33. The molecule has 0 spiro atoms. The van der Waals surface area contributed by atoms with Gasteiger partial charge in [-0.15, -0.1) is 0 Å². The maximum atomic E-state index is 10.9. The number of rotatable bonds is 1. The molecule has 5 aliphatic rings. The molecule has 32 heavy (non-hydrogen) atoms. The molecule has 8 atom stereocenters. The summed E-state index contributed by atoms with van der Waals surface area (Å²) in [6.45, 7) is 17.8. The van der Waals surface area contributed by atoms with Gasteiger partial charge in [-0.3, -0.25) is 0 Å². The van der Waals surface area contributed by atoms with E-state index in [1.165, 1.54) is 57.8 Å². The molecule has 0 saturated heterocycles. The van der Waals surface area contributed by atoms with Gasteiger partial charge in [0.05, 0.1) is 6.10 Å². The van der Waals surface area contributed by atoms with Crippen molar-refractivity contribution in [3.8, 4) is 0 Å². The normalized spacial score (nSPS) is 53.8. The first-order valence-electron chi connectivity index (χ1n) is 13.8. The zero-order chi connectivity index (χ0) is 23.4. The molecule has 0 amide bonds. The van der Waals surface area contributed by atoms with Gasteiger partial charge in [0.25, 0.3) is 0 Å². The molecule has 0 aromatic rings. The fourth-order valence-electron chi connectivity index (χ4n) is 10.6. The Kier molecular flexibility index (Phi) is 5.02. The lowest BCUT2D eigenvalue weighted by Gasteiger charge is -2.71. The molecule has 0 aromatic carbocycles. The molecule has 2 heteroatoms. The van der Waals surface area contributed by atoms with Gasteiger partial charge in [0, 0.05) is 12.0 Å². The van der Waals surface area contributed by atoms with Gasteiger partial charge in [-0.05, 0) is 109 Å². The van der Waals surface area contributed by atoms with Crippen LogP contribution in [-0.2, 0) is 0 Å². The lowest BCUT2D eigenvalue weighted by Crippen LogP contribution is -2.64. The number of hydrogen-bond acceptors (Lipinski definition) is 2. The fourth-order valence-corrected chi connectivity index (χ4v) is 10.6. The second kappa shape index (κ2) is 6.87. The van der Waals surface area contributed by atoms with E-state index in [-0.39, 0.29) is 22.3 Å². The summed E-state index contributed by atoms with van der Waals surface area (Å²) in [5, 5.41) is 21.5. The highest BCUT2D eigenvalue weighted by Gasteiger charge is 2.68. The third-order valence-corrected chi connectivity index (χ3v) is 13.1. The van der Waals surface area contributed by atoms with Crippen LogP contribution in [0.1, 0.15) is 113 Å². The van der Waals surface area contributed by atoms with Crippen molar-refractivity contribution in [2.24, 2.45) is 50.2 Å². The molecule has 5 aliphatic carbocycles. The van der Waals surface area contributed by atoms with Crippen LogP contribution in [0.25, 0.3) is 0 Å². The van der Waals surface area contributed by atoms with Crippen molar-refractivity contribution in [2.45, 2.75) is 119 Å². The standard InChI is InChI=1S/C30H50O2/c1-25(2)14-16-30(19-31)17-15-28(6)20(21(30)18-25)8-9-23-27(5)12-11-24(32)26(3,4)22(27)10-13-29(23,28)7/h8,21-24,31-32H,9-19H2,1-7H3/t21-,22-,23+,24-,27-,28+,29?,30+/m0/s1. The molecular formula is C30H50O2. The Hall–Kier alpha value is -0.340. The average Bonchev–Trinajstić information content (AvgIpc) is 2.71. The summed E-state index contributed by atoms with van der Waals surface area (Å²) in [7, 11) is 0. The largest absolute Gasteiger partial charge is 0.396 e. The van der Waals surface area contributed by atoms with Crippen molar-refractivity contribution in [3.63, 3.8) is 0 Å². The Morgan fingerprint density at radius 1 is 0.844 bits per heavy atom. The molecule has 0 heterocycles. The number of aliphatic hydroxyl groups excluding tert-OH is 2. The summed E-state index contributed by atoms with van der Waals surface area (Å²) in [6, 6.07) is 0. The summed E-state index contributed by atoms with van der Waals surface area (Å²) in [6.07, 6.45) is 14.6. The summed E-state index contributed by atoms with van der Waals surface area (Å²) in [4.78, 5) is 0. The Morgan fingerprint density at radius 3 is 2.22 bits per heavy atom. The minimum atomic E-state index is -0.153. The number of fused-ring (bicyclic) bond motifs is 7. The Labute approximate surface area is 197 Å². The first-order valence-corrected chi connectivity index (χ1v) is 13.8. The molecule has 0 aliphatic heterocycles. The molecule has 2 nitrogen and oxygen atoms in total. The van der Waals surface area contributed by atoms with E-state index in [1.54, 1.807) is 5.57 Å². The number of aliphatic hydroxyl groups is 2. The zero-order valence-electron chi connectivity index (χ0n) is 22.1. The van der Waals surface area contributed by atoms with Crippen LogP contribution in [0.3, 0.4) is 0 Å². The second-order valence-electron chi connectivity index (χ2n) is 15.1. The van der Waals surface area contributed by atoms with E-state index >= 15 is 0 Å².